The lowest BCUT2D eigenvalue weighted by atomic mass is 9.97. The highest BCUT2D eigenvalue weighted by Gasteiger charge is 2.22. The molecule has 1 aromatic carbocycles. The highest BCUT2D eigenvalue weighted by Crippen LogP contribution is 2.25. The van der Waals surface area contributed by atoms with E-state index in [2.05, 4.69) is 27.9 Å². The van der Waals surface area contributed by atoms with E-state index in [1.807, 2.05) is 34.8 Å². The van der Waals surface area contributed by atoms with Crippen LogP contribution < -0.4 is 10.7 Å². The molecule has 0 aliphatic carbocycles. The van der Waals surface area contributed by atoms with Crippen molar-refractivity contribution < 1.29 is 5.11 Å². The number of imidazole rings is 1. The van der Waals surface area contributed by atoms with Crippen LogP contribution >= 0.6 is 0 Å². The largest absolute Gasteiger partial charge is 0.506 e. The number of nitrogens with zero attached hydrogens (tertiary/aromatic N) is 3. The highest BCUT2D eigenvalue weighted by molar-refractivity contribution is 5.49. The molecule has 6 heteroatoms. The van der Waals surface area contributed by atoms with Crippen LogP contribution in [0.5, 0.6) is 0 Å². The lowest BCUT2D eigenvalue weighted by Crippen LogP contribution is -2.37. The van der Waals surface area contributed by atoms with Crippen LogP contribution in [-0.4, -0.2) is 39.3 Å². The van der Waals surface area contributed by atoms with Crippen LogP contribution in [0.15, 0.2) is 59.8 Å². The number of benzene rings is 1. The molecule has 124 valence electrons. The van der Waals surface area contributed by atoms with E-state index in [1.165, 1.54) is 5.57 Å². The molecule has 0 saturated heterocycles. The fourth-order valence-electron chi connectivity index (χ4n) is 3.26. The summed E-state index contributed by atoms with van der Waals surface area (Å²) in [7, 11) is 0. The summed E-state index contributed by atoms with van der Waals surface area (Å²) < 4.78 is 2.04. The van der Waals surface area contributed by atoms with E-state index >= 15 is 0 Å². The average molecular weight is 323 g/mol. The van der Waals surface area contributed by atoms with Crippen molar-refractivity contribution in [2.24, 2.45) is 0 Å². The molecule has 0 saturated carbocycles. The Labute approximate surface area is 141 Å². The molecule has 0 bridgehead atoms. The van der Waals surface area contributed by atoms with Gasteiger partial charge in [-0.25, -0.2) is 4.98 Å². The first-order valence-corrected chi connectivity index (χ1v) is 8.17. The van der Waals surface area contributed by atoms with Gasteiger partial charge >= 0.3 is 0 Å². The Kier molecular flexibility index (Phi) is 3.74. The van der Waals surface area contributed by atoms with Gasteiger partial charge in [-0.05, 0) is 55.3 Å². The van der Waals surface area contributed by atoms with E-state index in [1.54, 1.807) is 12.4 Å². The number of hydrazine groups is 1. The maximum atomic E-state index is 10.2. The summed E-state index contributed by atoms with van der Waals surface area (Å²) in [5, 5.41) is 15.5. The minimum atomic E-state index is 0.371. The molecule has 0 unspecified atom stereocenters. The molecule has 4 rings (SSSR count). The van der Waals surface area contributed by atoms with Gasteiger partial charge in [-0.3, -0.25) is 10.4 Å². The summed E-state index contributed by atoms with van der Waals surface area (Å²) >= 11 is 0. The summed E-state index contributed by atoms with van der Waals surface area (Å²) in [5.41, 5.74) is 7.74. The molecule has 1 aromatic heterocycles. The van der Waals surface area contributed by atoms with Crippen LogP contribution in [0.25, 0.3) is 5.69 Å². The zero-order valence-electron chi connectivity index (χ0n) is 13.7. The van der Waals surface area contributed by atoms with E-state index < -0.39 is 0 Å². The van der Waals surface area contributed by atoms with Crippen LogP contribution in [0.1, 0.15) is 12.2 Å². The van der Waals surface area contributed by atoms with E-state index in [0.717, 1.165) is 48.8 Å². The van der Waals surface area contributed by atoms with Gasteiger partial charge in [-0.15, -0.1) is 0 Å². The van der Waals surface area contributed by atoms with E-state index in [0.29, 0.717) is 5.76 Å². The van der Waals surface area contributed by atoms with Crippen molar-refractivity contribution in [3.63, 3.8) is 0 Å². The van der Waals surface area contributed by atoms with Crippen LogP contribution in [0.4, 0.5) is 5.69 Å². The Morgan fingerprint density at radius 2 is 2.08 bits per heavy atom. The zero-order chi connectivity index (χ0) is 16.5. The third-order valence-corrected chi connectivity index (χ3v) is 4.51. The van der Waals surface area contributed by atoms with Crippen LogP contribution in [-0.2, 0) is 0 Å². The first-order chi connectivity index (χ1) is 11.7. The number of anilines is 1. The number of allylic oxidation sites excluding steroid dienone is 1. The van der Waals surface area contributed by atoms with Gasteiger partial charge in [0.15, 0.2) is 0 Å². The van der Waals surface area contributed by atoms with Gasteiger partial charge in [0, 0.05) is 24.6 Å². The quantitative estimate of drug-likeness (QED) is 0.810. The predicted octanol–water partition coefficient (Wildman–Crippen LogP) is 2.51. The number of hydrogen-bond acceptors (Lipinski definition) is 5. The van der Waals surface area contributed by atoms with E-state index in [-0.39, 0.29) is 0 Å². The molecule has 3 heterocycles. The Bertz CT molecular complexity index is 803. The summed E-state index contributed by atoms with van der Waals surface area (Å²) in [6, 6.07) is 8.17. The third kappa shape index (κ3) is 2.76. The van der Waals surface area contributed by atoms with Crippen LogP contribution in [0.3, 0.4) is 0 Å². The SMILES string of the molecule is Cc1nccn1-c1ccc(NN2C=C(O)C3=C(CNCC3)C2)cc1. The maximum absolute atomic E-state index is 10.2. The molecule has 24 heavy (non-hydrogen) atoms. The van der Waals surface area contributed by atoms with Crippen LogP contribution in [0, 0.1) is 6.92 Å². The average Bonchev–Trinajstić information content (AvgIpc) is 3.02. The van der Waals surface area contributed by atoms with Crippen molar-refractivity contribution in [1.29, 1.82) is 0 Å². The smallest absolute Gasteiger partial charge is 0.136 e. The van der Waals surface area contributed by atoms with Gasteiger partial charge in [0.05, 0.1) is 18.4 Å². The number of rotatable bonds is 3. The fourth-order valence-corrected chi connectivity index (χ4v) is 3.26. The molecule has 3 N–H and O–H groups in total. The first-order valence-electron chi connectivity index (χ1n) is 8.17. The van der Waals surface area contributed by atoms with Gasteiger partial charge in [-0.2, -0.15) is 0 Å². The monoisotopic (exact) mass is 323 g/mol. The lowest BCUT2D eigenvalue weighted by molar-refractivity contribution is 0.358. The minimum Gasteiger partial charge on any atom is -0.506 e. The standard InChI is InChI=1S/C18H21N5O/c1-13-20-8-9-23(13)16-4-2-15(3-5-16)21-22-11-14-10-19-7-6-17(14)18(24)12-22/h2-5,8-9,12,19,21,24H,6-7,10-11H2,1H3. The second kappa shape index (κ2) is 6.05. The normalized spacial score (nSPS) is 17.5. The number of hydrogen-bond donors (Lipinski definition) is 3. The molecule has 0 spiro atoms. The van der Waals surface area contributed by atoms with Crippen molar-refractivity contribution in [1.82, 2.24) is 19.9 Å². The molecule has 6 nitrogen and oxygen atoms in total. The lowest BCUT2D eigenvalue weighted by Gasteiger charge is -2.32. The van der Waals surface area contributed by atoms with Crippen LogP contribution in [0.2, 0.25) is 0 Å². The highest BCUT2D eigenvalue weighted by atomic mass is 16.3. The Hall–Kier alpha value is -2.73. The first kappa shape index (κ1) is 14.8. The number of aryl methyl sites for hydroxylation is 1. The Balaban J connectivity index is 1.48. The molecule has 0 amide bonds. The summed E-state index contributed by atoms with van der Waals surface area (Å²) in [6.07, 6.45) is 6.42. The number of aliphatic hydroxyl groups is 1. The van der Waals surface area contributed by atoms with Crippen molar-refractivity contribution in [3.8, 4) is 5.69 Å². The molecule has 2 aromatic rings. The minimum absolute atomic E-state index is 0.371. The van der Waals surface area contributed by atoms with Crippen molar-refractivity contribution in [2.45, 2.75) is 13.3 Å². The van der Waals surface area contributed by atoms with E-state index in [4.69, 9.17) is 0 Å². The summed E-state index contributed by atoms with van der Waals surface area (Å²) in [5.74, 6) is 1.33. The summed E-state index contributed by atoms with van der Waals surface area (Å²) in [4.78, 5) is 4.25. The van der Waals surface area contributed by atoms with Crippen molar-refractivity contribution in [2.75, 3.05) is 25.1 Å². The third-order valence-electron chi connectivity index (χ3n) is 4.51. The Morgan fingerprint density at radius 1 is 1.25 bits per heavy atom. The molecular weight excluding hydrogens is 302 g/mol. The van der Waals surface area contributed by atoms with E-state index in [9.17, 15) is 5.11 Å². The van der Waals surface area contributed by atoms with Crippen molar-refractivity contribution in [3.05, 3.63) is 65.6 Å². The zero-order valence-corrected chi connectivity index (χ0v) is 13.7. The van der Waals surface area contributed by atoms with Gasteiger partial charge < -0.3 is 15.0 Å². The van der Waals surface area contributed by atoms with Gasteiger partial charge in [-0.1, -0.05) is 0 Å². The fraction of sp³-hybridized carbons (Fsp3) is 0.278. The maximum Gasteiger partial charge on any atom is 0.136 e. The molecular formula is C18H21N5O. The molecule has 0 fully saturated rings. The second-order valence-electron chi connectivity index (χ2n) is 6.15. The number of nitrogens with one attached hydrogen (secondary N) is 2. The predicted molar refractivity (Wildman–Crippen MR) is 93.9 cm³/mol. The molecule has 2 aliphatic heterocycles. The summed E-state index contributed by atoms with van der Waals surface area (Å²) in [6.45, 7) is 4.52. The number of aliphatic hydroxyl groups excluding tert-OH is 1. The van der Waals surface area contributed by atoms with Gasteiger partial charge in [0.25, 0.3) is 0 Å². The van der Waals surface area contributed by atoms with Crippen molar-refractivity contribution >= 4 is 5.69 Å². The number of aromatic nitrogens is 2. The Morgan fingerprint density at radius 3 is 2.83 bits per heavy atom. The van der Waals surface area contributed by atoms with Gasteiger partial charge in [0.1, 0.15) is 11.6 Å². The molecule has 0 radical (unpaired) electrons. The topological polar surface area (TPSA) is 65.4 Å². The molecule has 0 atom stereocenters. The van der Waals surface area contributed by atoms with Gasteiger partial charge in [0.2, 0.25) is 0 Å². The molecule has 2 aliphatic rings. The second-order valence-corrected chi connectivity index (χ2v) is 6.15.